The smallest absolute Gasteiger partial charge is 0.178 e. The summed E-state index contributed by atoms with van der Waals surface area (Å²) in [6.45, 7) is 0. The molecule has 0 aliphatic heterocycles. The Morgan fingerprint density at radius 2 is 1.88 bits per heavy atom. The van der Waals surface area contributed by atoms with E-state index in [1.165, 1.54) is 5.56 Å². The Morgan fingerprint density at radius 1 is 1.04 bits per heavy atom. The van der Waals surface area contributed by atoms with Crippen LogP contribution in [0.25, 0.3) is 11.2 Å². The van der Waals surface area contributed by atoms with Gasteiger partial charge in [0.15, 0.2) is 5.65 Å². The normalized spacial score (nSPS) is 12.3. The highest BCUT2D eigenvalue weighted by molar-refractivity contribution is 5.77. The third-order valence-corrected chi connectivity index (χ3v) is 4.06. The number of aromatic amines is 1. The maximum atomic E-state index is 5.99. The number of aromatic nitrogens is 5. The molecule has 6 heteroatoms. The lowest BCUT2D eigenvalue weighted by atomic mass is 9.87. The first kappa shape index (κ1) is 14.3. The predicted molar refractivity (Wildman–Crippen MR) is 92.3 cm³/mol. The van der Waals surface area contributed by atoms with E-state index < -0.39 is 0 Å². The van der Waals surface area contributed by atoms with Gasteiger partial charge in [-0.15, -0.1) is 5.10 Å². The zero-order valence-corrected chi connectivity index (χ0v) is 12.9. The van der Waals surface area contributed by atoms with E-state index in [1.807, 2.05) is 48.7 Å². The summed E-state index contributed by atoms with van der Waals surface area (Å²) in [5.74, 6) is 0.518. The van der Waals surface area contributed by atoms with Crippen molar-refractivity contribution in [2.75, 3.05) is 5.73 Å². The van der Waals surface area contributed by atoms with Crippen molar-refractivity contribution in [2.45, 2.75) is 12.3 Å². The van der Waals surface area contributed by atoms with E-state index in [4.69, 9.17) is 5.73 Å². The summed E-state index contributed by atoms with van der Waals surface area (Å²) in [6, 6.07) is 18.1. The average Bonchev–Trinajstić information content (AvgIpc) is 3.09. The summed E-state index contributed by atoms with van der Waals surface area (Å²) in [5, 5.41) is 10.9. The molecule has 6 nitrogen and oxygen atoms in total. The summed E-state index contributed by atoms with van der Waals surface area (Å²) in [7, 11) is 0. The highest BCUT2D eigenvalue weighted by Gasteiger charge is 2.21. The number of H-pyrrole nitrogens is 1. The summed E-state index contributed by atoms with van der Waals surface area (Å²) in [4.78, 5) is 8.73. The van der Waals surface area contributed by atoms with Crippen molar-refractivity contribution >= 4 is 17.0 Å². The number of nitrogens with one attached hydrogen (secondary N) is 1. The number of rotatable bonds is 4. The van der Waals surface area contributed by atoms with Gasteiger partial charge in [-0.2, -0.15) is 0 Å². The van der Waals surface area contributed by atoms with E-state index in [-0.39, 0.29) is 5.92 Å². The SMILES string of the molecule is Nc1cc(C(Cc2ccccn2)c2ccccc2)c2nn[nH]c2n1. The third-order valence-electron chi connectivity index (χ3n) is 4.06. The van der Waals surface area contributed by atoms with E-state index in [9.17, 15) is 0 Å². The van der Waals surface area contributed by atoms with Crippen LogP contribution in [-0.4, -0.2) is 25.4 Å². The summed E-state index contributed by atoms with van der Waals surface area (Å²) in [5.41, 5.74) is 10.5. The number of nitrogen functional groups attached to an aromatic ring is 1. The molecule has 3 heterocycles. The van der Waals surface area contributed by atoms with E-state index >= 15 is 0 Å². The lowest BCUT2D eigenvalue weighted by molar-refractivity contribution is 0.785. The Morgan fingerprint density at radius 3 is 2.67 bits per heavy atom. The fourth-order valence-electron chi connectivity index (χ4n) is 2.97. The minimum absolute atomic E-state index is 0.0685. The molecule has 0 bridgehead atoms. The van der Waals surface area contributed by atoms with Crippen LogP contribution in [0.1, 0.15) is 22.7 Å². The topological polar surface area (TPSA) is 93.4 Å². The first-order valence-electron chi connectivity index (χ1n) is 7.73. The standard InChI is InChI=1S/C18H16N6/c19-16-11-15(17-18(21-16)23-24-22-17)14(12-6-2-1-3-7-12)10-13-8-4-5-9-20-13/h1-9,11,14H,10H2,(H3,19,21,22,23,24). The van der Waals surface area contributed by atoms with Crippen molar-refractivity contribution in [3.63, 3.8) is 0 Å². The minimum atomic E-state index is 0.0685. The second kappa shape index (κ2) is 6.08. The van der Waals surface area contributed by atoms with Gasteiger partial charge in [-0.3, -0.25) is 4.98 Å². The fraction of sp³-hybridized carbons (Fsp3) is 0.111. The molecule has 24 heavy (non-hydrogen) atoms. The number of nitrogens with two attached hydrogens (primary N) is 1. The first-order valence-corrected chi connectivity index (χ1v) is 7.73. The second-order valence-electron chi connectivity index (χ2n) is 5.63. The summed E-state index contributed by atoms with van der Waals surface area (Å²) < 4.78 is 0. The van der Waals surface area contributed by atoms with Gasteiger partial charge in [-0.1, -0.05) is 41.6 Å². The molecule has 1 unspecified atom stereocenters. The first-order chi connectivity index (χ1) is 11.8. The maximum absolute atomic E-state index is 5.99. The Kier molecular flexibility index (Phi) is 3.63. The van der Waals surface area contributed by atoms with Crippen molar-refractivity contribution in [1.82, 2.24) is 25.4 Å². The van der Waals surface area contributed by atoms with Crippen molar-refractivity contribution in [2.24, 2.45) is 0 Å². The largest absolute Gasteiger partial charge is 0.384 e. The number of hydrogen-bond acceptors (Lipinski definition) is 5. The van der Waals surface area contributed by atoms with Gasteiger partial charge >= 0.3 is 0 Å². The molecular weight excluding hydrogens is 300 g/mol. The highest BCUT2D eigenvalue weighted by atomic mass is 15.3. The Bertz CT molecular complexity index is 949. The van der Waals surface area contributed by atoms with Gasteiger partial charge in [-0.05, 0) is 29.3 Å². The quantitative estimate of drug-likeness (QED) is 0.604. The molecule has 0 saturated heterocycles. The molecule has 4 rings (SSSR count). The molecule has 0 amide bonds. The molecule has 0 radical (unpaired) electrons. The number of hydrogen-bond donors (Lipinski definition) is 2. The van der Waals surface area contributed by atoms with Crippen molar-refractivity contribution in [1.29, 1.82) is 0 Å². The highest BCUT2D eigenvalue weighted by Crippen LogP contribution is 2.32. The number of anilines is 1. The molecule has 118 valence electrons. The molecule has 4 aromatic rings. The van der Waals surface area contributed by atoms with Crippen molar-refractivity contribution in [3.8, 4) is 0 Å². The van der Waals surface area contributed by atoms with Gasteiger partial charge in [0.25, 0.3) is 0 Å². The molecule has 1 aromatic carbocycles. The molecule has 3 aromatic heterocycles. The maximum Gasteiger partial charge on any atom is 0.178 e. The number of nitrogens with zero attached hydrogens (tertiary/aromatic N) is 4. The van der Waals surface area contributed by atoms with Crippen LogP contribution in [-0.2, 0) is 6.42 Å². The number of benzene rings is 1. The lowest BCUT2D eigenvalue weighted by Gasteiger charge is -2.18. The van der Waals surface area contributed by atoms with Crippen LogP contribution in [0, 0.1) is 0 Å². The Hall–Kier alpha value is -3.28. The molecule has 1 atom stereocenters. The molecule has 0 spiro atoms. The van der Waals surface area contributed by atoms with Gasteiger partial charge < -0.3 is 5.73 Å². The molecular formula is C18H16N6. The predicted octanol–water partition coefficient (Wildman–Crippen LogP) is 2.70. The van der Waals surface area contributed by atoms with Crippen LogP contribution in [0.5, 0.6) is 0 Å². The summed E-state index contributed by atoms with van der Waals surface area (Å²) >= 11 is 0. The van der Waals surface area contributed by atoms with E-state index in [2.05, 4.69) is 37.5 Å². The van der Waals surface area contributed by atoms with Gasteiger partial charge in [0.05, 0.1) is 0 Å². The van der Waals surface area contributed by atoms with E-state index in [1.54, 1.807) is 0 Å². The zero-order valence-electron chi connectivity index (χ0n) is 12.9. The van der Waals surface area contributed by atoms with Crippen LogP contribution in [0.4, 0.5) is 5.82 Å². The zero-order chi connectivity index (χ0) is 16.4. The Labute approximate surface area is 138 Å². The second-order valence-corrected chi connectivity index (χ2v) is 5.63. The van der Waals surface area contributed by atoms with Crippen LogP contribution >= 0.6 is 0 Å². The molecule has 0 saturated carbocycles. The van der Waals surface area contributed by atoms with Gasteiger partial charge in [0, 0.05) is 24.2 Å². The molecule has 0 fully saturated rings. The third kappa shape index (κ3) is 2.69. The lowest BCUT2D eigenvalue weighted by Crippen LogP contribution is -2.08. The molecule has 3 N–H and O–H groups in total. The molecule has 0 aliphatic rings. The van der Waals surface area contributed by atoms with E-state index in [0.717, 1.165) is 23.2 Å². The van der Waals surface area contributed by atoms with Crippen LogP contribution in [0.15, 0.2) is 60.8 Å². The van der Waals surface area contributed by atoms with Crippen LogP contribution in [0.2, 0.25) is 0 Å². The van der Waals surface area contributed by atoms with E-state index in [0.29, 0.717) is 11.5 Å². The number of pyridine rings is 2. The van der Waals surface area contributed by atoms with Crippen molar-refractivity contribution < 1.29 is 0 Å². The molecule has 0 aliphatic carbocycles. The van der Waals surface area contributed by atoms with Crippen LogP contribution in [0.3, 0.4) is 0 Å². The minimum Gasteiger partial charge on any atom is -0.384 e. The van der Waals surface area contributed by atoms with Crippen molar-refractivity contribution in [3.05, 3.63) is 77.6 Å². The van der Waals surface area contributed by atoms with Gasteiger partial charge in [0.2, 0.25) is 0 Å². The monoisotopic (exact) mass is 316 g/mol. The number of fused-ring (bicyclic) bond motifs is 1. The van der Waals surface area contributed by atoms with Gasteiger partial charge in [0.1, 0.15) is 11.3 Å². The summed E-state index contributed by atoms with van der Waals surface area (Å²) in [6.07, 6.45) is 2.56. The van der Waals surface area contributed by atoms with Crippen LogP contribution < -0.4 is 5.73 Å². The average molecular weight is 316 g/mol. The van der Waals surface area contributed by atoms with Gasteiger partial charge in [-0.25, -0.2) is 10.1 Å². The fourth-order valence-corrected chi connectivity index (χ4v) is 2.97. The Balaban J connectivity index is 1.87.